The third-order valence-electron chi connectivity index (χ3n) is 14.2. The molecule has 3 rings (SSSR count). The molecule has 11 N–H and O–H groups in total. The highest BCUT2D eigenvalue weighted by molar-refractivity contribution is 8.13. The number of aromatic nitrogens is 4. The zero-order valence-electron chi connectivity index (χ0n) is 51.5. The van der Waals surface area contributed by atoms with Crippen molar-refractivity contribution in [2.24, 2.45) is 5.41 Å². The smallest absolute Gasteiger partial charge is 0.393 e. The van der Waals surface area contributed by atoms with Gasteiger partial charge in [0.1, 0.15) is 36.3 Å². The number of allylic oxidation sites excluding steroid dienone is 10. The fraction of sp³-hybridized carbons (Fsp3) is 0.695. The molecule has 2 aromatic heterocycles. The first-order chi connectivity index (χ1) is 41.9. The van der Waals surface area contributed by atoms with Gasteiger partial charge in [-0.3, -0.25) is 32.5 Å². The van der Waals surface area contributed by atoms with Crippen LogP contribution in [0.25, 0.3) is 11.2 Å². The lowest BCUT2D eigenvalue weighted by molar-refractivity contribution is -0.137. The summed E-state index contributed by atoms with van der Waals surface area (Å²) in [6, 6.07) is 0. The predicted molar refractivity (Wildman–Crippen MR) is 340 cm³/mol. The summed E-state index contributed by atoms with van der Waals surface area (Å²) in [5.41, 5.74) is 4.27. The Morgan fingerprint density at radius 2 is 1.25 bits per heavy atom. The quantitative estimate of drug-likeness (QED) is 0.0167. The van der Waals surface area contributed by atoms with Gasteiger partial charge in [0.2, 0.25) is 11.8 Å². The monoisotopic (exact) mass is 1320 g/mol. The molecule has 3 heterocycles. The molecular formula is C59H100N7O18P3S. The number of hydrogen-bond acceptors (Lipinski definition) is 19. The van der Waals surface area contributed by atoms with Crippen molar-refractivity contribution >= 4 is 69.1 Å². The number of anilines is 1. The van der Waals surface area contributed by atoms with E-state index in [0.717, 1.165) is 80.4 Å². The van der Waals surface area contributed by atoms with Crippen molar-refractivity contribution in [2.45, 2.75) is 224 Å². The molecule has 25 nitrogen and oxygen atoms in total. The normalized spacial score (nSPS) is 19.0. The minimum absolute atomic E-state index is 0.0213. The number of unbranched alkanes of at least 4 members (excludes halogenated alkanes) is 17. The number of phosphoric ester groups is 3. The molecule has 0 saturated carbocycles. The number of rotatable bonds is 50. The number of aliphatic hydroxyl groups excluding tert-OH is 3. The number of amides is 2. The van der Waals surface area contributed by atoms with E-state index in [1.807, 2.05) is 0 Å². The molecule has 0 aliphatic carbocycles. The zero-order chi connectivity index (χ0) is 64.7. The molecule has 1 saturated heterocycles. The molecule has 2 amide bonds. The van der Waals surface area contributed by atoms with Crippen LogP contribution < -0.4 is 16.4 Å². The van der Waals surface area contributed by atoms with Crippen molar-refractivity contribution < 1.29 is 85.6 Å². The third kappa shape index (κ3) is 34.6. The van der Waals surface area contributed by atoms with Gasteiger partial charge in [0.05, 0.1) is 25.6 Å². The third-order valence-corrected chi connectivity index (χ3v) is 18.2. The first-order valence-corrected chi connectivity index (χ1v) is 36.4. The summed E-state index contributed by atoms with van der Waals surface area (Å²) < 4.78 is 62.7. The topological polar surface area (TPSA) is 384 Å². The van der Waals surface area contributed by atoms with E-state index in [0.29, 0.717) is 6.42 Å². The van der Waals surface area contributed by atoms with Gasteiger partial charge in [-0.15, -0.1) is 0 Å². The number of aliphatic hydroxyl groups is 3. The van der Waals surface area contributed by atoms with Gasteiger partial charge in [-0.1, -0.05) is 196 Å². The van der Waals surface area contributed by atoms with Crippen molar-refractivity contribution in [3.63, 3.8) is 0 Å². The molecule has 1 aliphatic heterocycles. The lowest BCUT2D eigenvalue weighted by atomic mass is 9.87. The van der Waals surface area contributed by atoms with Gasteiger partial charge < -0.3 is 56.0 Å². The molecule has 1 aliphatic rings. The first-order valence-electron chi connectivity index (χ1n) is 30.9. The second-order valence-electron chi connectivity index (χ2n) is 22.4. The predicted octanol–water partition coefficient (Wildman–Crippen LogP) is 10.6. The van der Waals surface area contributed by atoms with Gasteiger partial charge in [-0.25, -0.2) is 28.6 Å². The summed E-state index contributed by atoms with van der Waals surface area (Å²) in [4.78, 5) is 88.9. The number of carbonyl (C=O) groups excluding carboxylic acids is 3. The number of nitrogen functional groups attached to an aromatic ring is 1. The van der Waals surface area contributed by atoms with Crippen LogP contribution in [0.15, 0.2) is 73.4 Å². The number of nitrogens with zero attached hydrogens (tertiary/aromatic N) is 4. The maximum atomic E-state index is 12.8. The van der Waals surface area contributed by atoms with E-state index in [2.05, 4.69) is 102 Å². The highest BCUT2D eigenvalue weighted by Gasteiger charge is 2.50. The highest BCUT2D eigenvalue weighted by Crippen LogP contribution is 2.61. The molecule has 0 radical (unpaired) electrons. The van der Waals surface area contributed by atoms with Crippen LogP contribution in [0.4, 0.5) is 5.82 Å². The van der Waals surface area contributed by atoms with Gasteiger partial charge in [0, 0.05) is 37.1 Å². The van der Waals surface area contributed by atoms with Crippen molar-refractivity contribution in [1.29, 1.82) is 0 Å². The fourth-order valence-electron chi connectivity index (χ4n) is 9.31. The van der Waals surface area contributed by atoms with Crippen LogP contribution in [0.1, 0.15) is 194 Å². The van der Waals surface area contributed by atoms with Crippen molar-refractivity contribution in [3.8, 4) is 0 Å². The lowest BCUT2D eigenvalue weighted by Crippen LogP contribution is -2.46. The van der Waals surface area contributed by atoms with E-state index in [-0.39, 0.29) is 53.8 Å². The van der Waals surface area contributed by atoms with E-state index >= 15 is 0 Å². The number of thioether (sulfide) groups is 1. The number of nitrogens with one attached hydrogen (secondary N) is 2. The van der Waals surface area contributed by atoms with E-state index in [4.69, 9.17) is 19.5 Å². The Morgan fingerprint density at radius 3 is 1.81 bits per heavy atom. The number of ether oxygens (including phenoxy) is 1. The average Bonchev–Trinajstić information content (AvgIpc) is 2.62. The number of hydrogen-bond donors (Lipinski definition) is 10. The van der Waals surface area contributed by atoms with Gasteiger partial charge in [-0.05, 0) is 51.4 Å². The summed E-state index contributed by atoms with van der Waals surface area (Å²) in [5, 5.41) is 36.9. The van der Waals surface area contributed by atoms with Crippen molar-refractivity contribution in [2.75, 3.05) is 37.8 Å². The molecule has 8 atom stereocenters. The van der Waals surface area contributed by atoms with Crippen molar-refractivity contribution in [3.05, 3.63) is 73.4 Å². The molecule has 88 heavy (non-hydrogen) atoms. The van der Waals surface area contributed by atoms with Gasteiger partial charge >= 0.3 is 23.5 Å². The first kappa shape index (κ1) is 78.5. The largest absolute Gasteiger partial charge is 0.481 e. The Labute approximate surface area is 523 Å². The SMILES string of the molecule is CC/C=C\C/C=C\C/C=C\C/C=C\C/C=C\CCCCCCCCCCCCCCCCCCC[C@@H](O)CC(=O)SCCNC(=O)CCNC(=O)[C@H](O)C(C)(C)COP(=O)(O)OP(=O)(O)OC[C@H]1O[C@@H](n2cnc3c(N)ncnc32)[C@H](O)[C@@H]1OP(=O)(O)O. The van der Waals surface area contributed by atoms with Crippen LogP contribution >= 0.6 is 35.2 Å². The van der Waals surface area contributed by atoms with E-state index < -0.39 is 90.7 Å². The van der Waals surface area contributed by atoms with E-state index in [9.17, 15) is 63.0 Å². The Bertz CT molecular complexity index is 2640. The molecular weight excluding hydrogens is 1220 g/mol. The minimum atomic E-state index is -5.60. The summed E-state index contributed by atoms with van der Waals surface area (Å²) in [7, 11) is -16.5. The summed E-state index contributed by atoms with van der Waals surface area (Å²) >= 11 is 1.00. The molecule has 0 spiro atoms. The molecule has 0 aromatic carbocycles. The van der Waals surface area contributed by atoms with Crippen LogP contribution in [0.5, 0.6) is 0 Å². The molecule has 29 heteroatoms. The summed E-state index contributed by atoms with van der Waals surface area (Å²) in [5.74, 6) is -1.22. The molecule has 500 valence electrons. The Kier molecular flexibility index (Phi) is 39.1. The number of carbonyl (C=O) groups is 3. The van der Waals surface area contributed by atoms with Crippen LogP contribution in [0, 0.1) is 5.41 Å². The molecule has 2 unspecified atom stereocenters. The average molecular weight is 1320 g/mol. The van der Waals surface area contributed by atoms with Crippen LogP contribution in [-0.2, 0) is 50.7 Å². The Balaban J connectivity index is 1.13. The Morgan fingerprint density at radius 1 is 0.727 bits per heavy atom. The summed E-state index contributed by atoms with van der Waals surface area (Å²) in [6.07, 6.45) is 42.9. The second-order valence-corrected chi connectivity index (χ2v) is 27.8. The number of fused-ring (bicyclic) bond motifs is 1. The van der Waals surface area contributed by atoms with Gasteiger partial charge in [-0.2, -0.15) is 4.31 Å². The second kappa shape index (κ2) is 43.9. The van der Waals surface area contributed by atoms with Gasteiger partial charge in [0.15, 0.2) is 22.8 Å². The van der Waals surface area contributed by atoms with Crippen molar-refractivity contribution in [1.82, 2.24) is 30.2 Å². The molecule has 2 aromatic rings. The number of imidazole rings is 1. The zero-order valence-corrected chi connectivity index (χ0v) is 55.0. The standard InChI is InChI=1S/C59H100N7O18P3S/c1-4-5-6-7-8-9-10-11-12-13-14-15-16-17-18-19-20-21-22-23-24-25-26-27-28-29-30-31-32-33-34-35-36-37-47(67)42-50(69)88-41-40-61-49(68)38-39-62-57(72)54(71)59(2,3)44-81-87(78,79)84-86(76,77)80-43-48-53(83-85(73,74)75)52(70)58(82-48)66-46-65-51-55(60)63-45-64-56(51)66/h5-6,8-9,11-12,14-15,17-18,45-48,52-54,58,67,70-71H,4,7,10,13,16,19-44H2,1-3H3,(H,61,68)(H,62,72)(H,76,77)(H,78,79)(H2,60,63,64)(H2,73,74,75)/b6-5-,9-8-,12-11-,15-14-,18-17-/t47-,48-,52-,53-,54+,58-/m1/s1. The number of nitrogens with two attached hydrogens (primary N) is 1. The lowest BCUT2D eigenvalue weighted by Gasteiger charge is -2.30. The van der Waals surface area contributed by atoms with Crippen LogP contribution in [0.3, 0.4) is 0 Å². The van der Waals surface area contributed by atoms with E-state index in [1.54, 1.807) is 0 Å². The van der Waals surface area contributed by atoms with Gasteiger partial charge in [0.25, 0.3) is 0 Å². The molecule has 0 bridgehead atoms. The fourth-order valence-corrected chi connectivity index (χ4v) is 12.9. The maximum Gasteiger partial charge on any atom is 0.481 e. The Hall–Kier alpha value is -3.78. The maximum absolute atomic E-state index is 12.8. The highest BCUT2D eigenvalue weighted by atomic mass is 32.2. The van der Waals surface area contributed by atoms with Crippen LogP contribution in [-0.4, -0.2) is 134 Å². The van der Waals surface area contributed by atoms with Crippen LogP contribution in [0.2, 0.25) is 0 Å². The molecule has 1 fully saturated rings. The number of phosphoric acid groups is 3. The van der Waals surface area contributed by atoms with E-state index in [1.165, 1.54) is 110 Å². The minimum Gasteiger partial charge on any atom is -0.393 e. The summed E-state index contributed by atoms with van der Waals surface area (Å²) in [6.45, 7) is 2.56.